The largest absolute Gasteiger partial charge is 0.338 e. The molecular formula is C15H21N7O2. The van der Waals surface area contributed by atoms with Gasteiger partial charge in [0, 0.05) is 55.9 Å². The molecule has 24 heavy (non-hydrogen) atoms. The molecule has 2 atom stereocenters. The molecule has 0 radical (unpaired) electrons. The summed E-state index contributed by atoms with van der Waals surface area (Å²) < 4.78 is 1.69. The number of nitrogens with zero attached hydrogens (tertiary/aromatic N) is 7. The fourth-order valence-corrected chi connectivity index (χ4v) is 3.17. The molecule has 0 aromatic carbocycles. The van der Waals surface area contributed by atoms with E-state index in [2.05, 4.69) is 20.0 Å². The van der Waals surface area contributed by atoms with Crippen molar-refractivity contribution in [3.63, 3.8) is 0 Å². The second-order valence-electron chi connectivity index (χ2n) is 5.73. The van der Waals surface area contributed by atoms with Crippen LogP contribution in [0.25, 0.3) is 0 Å². The fourth-order valence-electron chi connectivity index (χ4n) is 3.17. The number of anilines is 1. The van der Waals surface area contributed by atoms with Gasteiger partial charge in [0.15, 0.2) is 0 Å². The van der Waals surface area contributed by atoms with E-state index < -0.39 is 6.17 Å². The minimum Gasteiger partial charge on any atom is -0.338 e. The molecule has 0 aliphatic carbocycles. The summed E-state index contributed by atoms with van der Waals surface area (Å²) in [7, 11) is 0. The van der Waals surface area contributed by atoms with E-state index in [9.17, 15) is 10.1 Å². The Bertz CT molecular complexity index is 641. The van der Waals surface area contributed by atoms with Gasteiger partial charge in [-0.1, -0.05) is 6.92 Å². The van der Waals surface area contributed by atoms with Gasteiger partial charge in [-0.15, -0.1) is 0 Å². The molecule has 3 heterocycles. The summed E-state index contributed by atoms with van der Waals surface area (Å²) in [6.07, 6.45) is 6.73. The topological polar surface area (TPSA) is 93.2 Å². The number of hydrogen-bond acceptors (Lipinski definition) is 7. The van der Waals surface area contributed by atoms with Crippen LogP contribution in [-0.4, -0.2) is 61.9 Å². The van der Waals surface area contributed by atoms with Crippen LogP contribution in [0.5, 0.6) is 0 Å². The number of aromatic nitrogens is 4. The van der Waals surface area contributed by atoms with Crippen molar-refractivity contribution in [3.05, 3.63) is 47.0 Å². The van der Waals surface area contributed by atoms with E-state index >= 15 is 0 Å². The van der Waals surface area contributed by atoms with Crippen LogP contribution in [0.15, 0.2) is 36.9 Å². The van der Waals surface area contributed by atoms with Gasteiger partial charge in [-0.05, 0) is 18.6 Å². The van der Waals surface area contributed by atoms with Gasteiger partial charge < -0.3 is 4.90 Å². The summed E-state index contributed by atoms with van der Waals surface area (Å²) in [5, 5.41) is 15.9. The predicted molar refractivity (Wildman–Crippen MR) is 88.2 cm³/mol. The Morgan fingerprint density at radius 3 is 2.42 bits per heavy atom. The minimum atomic E-state index is -0.784. The molecule has 0 bridgehead atoms. The molecule has 9 heteroatoms. The third-order valence-electron chi connectivity index (χ3n) is 4.37. The van der Waals surface area contributed by atoms with E-state index in [0.29, 0.717) is 38.5 Å². The molecule has 0 saturated carbocycles. The summed E-state index contributed by atoms with van der Waals surface area (Å²) >= 11 is 0. The molecule has 0 amide bonds. The van der Waals surface area contributed by atoms with Crippen LogP contribution in [0.2, 0.25) is 0 Å². The SMILES string of the molecule is CCC(C(N1CCN(c2ncccn2)CC1)[N+](=O)[O-])n1cccn1. The fraction of sp³-hybridized carbons (Fsp3) is 0.533. The third-order valence-corrected chi connectivity index (χ3v) is 4.37. The molecule has 2 unspecified atom stereocenters. The van der Waals surface area contributed by atoms with Crippen molar-refractivity contribution in [2.45, 2.75) is 25.6 Å². The van der Waals surface area contributed by atoms with Gasteiger partial charge in [-0.2, -0.15) is 5.10 Å². The Morgan fingerprint density at radius 2 is 1.88 bits per heavy atom. The zero-order valence-corrected chi connectivity index (χ0v) is 13.6. The Labute approximate surface area is 140 Å². The van der Waals surface area contributed by atoms with Crippen LogP contribution in [0.3, 0.4) is 0 Å². The molecule has 1 aliphatic rings. The summed E-state index contributed by atoms with van der Waals surface area (Å²) in [5.41, 5.74) is 0. The first kappa shape index (κ1) is 16.3. The highest BCUT2D eigenvalue weighted by Gasteiger charge is 2.39. The normalized spacial score (nSPS) is 18.3. The molecule has 1 aliphatic heterocycles. The molecule has 3 rings (SSSR count). The van der Waals surface area contributed by atoms with Crippen LogP contribution in [0, 0.1) is 10.1 Å². The van der Waals surface area contributed by atoms with Crippen LogP contribution in [0.1, 0.15) is 19.4 Å². The van der Waals surface area contributed by atoms with Crippen molar-refractivity contribution in [1.82, 2.24) is 24.6 Å². The van der Waals surface area contributed by atoms with Gasteiger partial charge in [0.2, 0.25) is 5.95 Å². The first-order valence-corrected chi connectivity index (χ1v) is 8.09. The van der Waals surface area contributed by atoms with Crippen molar-refractivity contribution in [3.8, 4) is 0 Å². The maximum atomic E-state index is 11.7. The predicted octanol–water partition coefficient (Wildman–Crippen LogP) is 1.05. The standard InChI is InChI=1S/C15H21N7O2/c1-2-13(21-8-4-7-18-21)14(22(23)24)19-9-11-20(12-10-19)15-16-5-3-6-17-15/h3-8,13-14H,2,9-12H2,1H3. The Balaban J connectivity index is 1.71. The van der Waals surface area contributed by atoms with Gasteiger partial charge in [-0.25, -0.2) is 14.9 Å². The molecule has 128 valence electrons. The molecule has 0 spiro atoms. The molecule has 2 aromatic heterocycles. The van der Waals surface area contributed by atoms with Crippen molar-refractivity contribution < 1.29 is 4.92 Å². The average Bonchev–Trinajstić information content (AvgIpc) is 3.14. The van der Waals surface area contributed by atoms with E-state index in [1.165, 1.54) is 0 Å². The first-order chi connectivity index (χ1) is 11.7. The minimum absolute atomic E-state index is 0.190. The maximum absolute atomic E-state index is 11.7. The quantitative estimate of drug-likeness (QED) is 0.577. The Hall–Kier alpha value is -2.55. The zero-order chi connectivity index (χ0) is 16.9. The van der Waals surface area contributed by atoms with Crippen LogP contribution < -0.4 is 4.90 Å². The highest BCUT2D eigenvalue weighted by molar-refractivity contribution is 5.29. The van der Waals surface area contributed by atoms with Gasteiger partial charge >= 0.3 is 0 Å². The maximum Gasteiger partial charge on any atom is 0.290 e. The molecule has 1 fully saturated rings. The number of hydrogen-bond donors (Lipinski definition) is 0. The number of nitro groups is 1. The van der Waals surface area contributed by atoms with Crippen molar-refractivity contribution in [2.24, 2.45) is 0 Å². The van der Waals surface area contributed by atoms with Crippen LogP contribution in [0.4, 0.5) is 5.95 Å². The van der Waals surface area contributed by atoms with E-state index in [1.54, 1.807) is 41.6 Å². The van der Waals surface area contributed by atoms with Gasteiger partial charge in [-0.3, -0.25) is 14.8 Å². The molecule has 0 N–H and O–H groups in total. The molecular weight excluding hydrogens is 310 g/mol. The van der Waals surface area contributed by atoms with Crippen LogP contribution >= 0.6 is 0 Å². The molecule has 1 saturated heterocycles. The summed E-state index contributed by atoms with van der Waals surface area (Å²) in [5.74, 6) is 0.675. The summed E-state index contributed by atoms with van der Waals surface area (Å²) in [4.78, 5) is 24.0. The van der Waals surface area contributed by atoms with E-state index in [1.807, 2.05) is 11.8 Å². The van der Waals surface area contributed by atoms with Gasteiger partial charge in [0.05, 0.1) is 0 Å². The van der Waals surface area contributed by atoms with E-state index in [4.69, 9.17) is 0 Å². The molecule has 2 aromatic rings. The summed E-state index contributed by atoms with van der Waals surface area (Å²) in [6.45, 7) is 4.49. The van der Waals surface area contributed by atoms with Crippen molar-refractivity contribution in [1.29, 1.82) is 0 Å². The number of rotatable bonds is 6. The number of piperazine rings is 1. The lowest BCUT2D eigenvalue weighted by Crippen LogP contribution is -2.55. The zero-order valence-electron chi connectivity index (χ0n) is 13.6. The average molecular weight is 331 g/mol. The summed E-state index contributed by atoms with van der Waals surface area (Å²) in [6, 6.07) is 3.29. The lowest BCUT2D eigenvalue weighted by molar-refractivity contribution is -0.559. The highest BCUT2D eigenvalue weighted by Crippen LogP contribution is 2.23. The van der Waals surface area contributed by atoms with Crippen molar-refractivity contribution in [2.75, 3.05) is 31.1 Å². The van der Waals surface area contributed by atoms with E-state index in [-0.39, 0.29) is 11.0 Å². The lowest BCUT2D eigenvalue weighted by atomic mass is 10.1. The Morgan fingerprint density at radius 1 is 1.17 bits per heavy atom. The third kappa shape index (κ3) is 3.35. The van der Waals surface area contributed by atoms with Gasteiger partial charge in [0.25, 0.3) is 6.17 Å². The Kier molecular flexibility index (Phi) is 4.99. The van der Waals surface area contributed by atoms with E-state index in [0.717, 1.165) is 0 Å². The first-order valence-electron chi connectivity index (χ1n) is 8.09. The smallest absolute Gasteiger partial charge is 0.290 e. The monoisotopic (exact) mass is 331 g/mol. The highest BCUT2D eigenvalue weighted by atomic mass is 16.6. The van der Waals surface area contributed by atoms with Gasteiger partial charge in [0.1, 0.15) is 6.04 Å². The van der Waals surface area contributed by atoms with Crippen molar-refractivity contribution >= 4 is 5.95 Å². The lowest BCUT2D eigenvalue weighted by Gasteiger charge is -2.37. The molecule has 9 nitrogen and oxygen atoms in total. The second kappa shape index (κ2) is 7.35. The van der Waals surface area contributed by atoms with Crippen LogP contribution in [-0.2, 0) is 0 Å². The second-order valence-corrected chi connectivity index (χ2v) is 5.73.